The van der Waals surface area contributed by atoms with Crippen LogP contribution in [0.1, 0.15) is 11.8 Å². The van der Waals surface area contributed by atoms with E-state index >= 15 is 0 Å². The molecular weight excluding hydrogens is 142 g/mol. The number of hydrogen-bond donors (Lipinski definition) is 1. The number of aromatic nitrogens is 2. The van der Waals surface area contributed by atoms with Crippen LogP contribution in [0.2, 0.25) is 0 Å². The number of hydrogen-bond acceptors (Lipinski definition) is 4. The smallest absolute Gasteiger partial charge is 0.219 e. The van der Waals surface area contributed by atoms with Crippen molar-refractivity contribution < 1.29 is 4.42 Å². The maximum Gasteiger partial charge on any atom is 0.219 e. The van der Waals surface area contributed by atoms with Crippen molar-refractivity contribution in [3.8, 4) is 0 Å². The van der Waals surface area contributed by atoms with Gasteiger partial charge in [0.05, 0.1) is 0 Å². The Morgan fingerprint density at radius 2 is 2.27 bits per heavy atom. The van der Waals surface area contributed by atoms with Gasteiger partial charge in [-0.15, -0.1) is 10.2 Å². The molecule has 0 radical (unpaired) electrons. The van der Waals surface area contributed by atoms with E-state index in [1.54, 1.807) is 0 Å². The third-order valence-corrected chi connectivity index (χ3v) is 2.75. The average Bonchev–Trinajstić information content (AvgIpc) is 2.57. The molecule has 2 fully saturated rings. The van der Waals surface area contributed by atoms with Gasteiger partial charge >= 0.3 is 0 Å². The van der Waals surface area contributed by atoms with Gasteiger partial charge in [-0.2, -0.15) is 0 Å². The summed E-state index contributed by atoms with van der Waals surface area (Å²) in [7, 11) is 0. The first-order valence-electron chi connectivity index (χ1n) is 3.93. The first-order valence-corrected chi connectivity index (χ1v) is 3.93. The van der Waals surface area contributed by atoms with E-state index in [4.69, 9.17) is 4.42 Å². The van der Waals surface area contributed by atoms with E-state index in [0.717, 1.165) is 30.8 Å². The zero-order valence-electron chi connectivity index (χ0n) is 6.03. The molecule has 4 heteroatoms. The average molecular weight is 151 g/mol. The van der Waals surface area contributed by atoms with Crippen LogP contribution in [0.15, 0.2) is 10.8 Å². The lowest BCUT2D eigenvalue weighted by molar-refractivity contribution is 0.471. The minimum atomic E-state index is 0.568. The van der Waals surface area contributed by atoms with Crippen LogP contribution in [-0.2, 0) is 0 Å². The lowest BCUT2D eigenvalue weighted by atomic mass is 10.3. The van der Waals surface area contributed by atoms with Crippen molar-refractivity contribution in [2.75, 3.05) is 13.1 Å². The molecule has 4 nitrogen and oxygen atoms in total. The number of rotatable bonds is 1. The lowest BCUT2D eigenvalue weighted by Gasteiger charge is -1.97. The Kier molecular flexibility index (Phi) is 0.946. The maximum absolute atomic E-state index is 5.14. The highest BCUT2D eigenvalue weighted by molar-refractivity contribution is 5.16. The number of nitrogens with one attached hydrogen (secondary N) is 1. The summed E-state index contributed by atoms with van der Waals surface area (Å²) in [5, 5.41) is 10.9. The molecule has 0 bridgehead atoms. The first kappa shape index (κ1) is 5.71. The van der Waals surface area contributed by atoms with Crippen molar-refractivity contribution in [2.24, 2.45) is 11.8 Å². The van der Waals surface area contributed by atoms with Crippen LogP contribution in [0.4, 0.5) is 0 Å². The molecule has 2 unspecified atom stereocenters. The van der Waals surface area contributed by atoms with Crippen LogP contribution in [0.25, 0.3) is 0 Å². The number of fused-ring (bicyclic) bond motifs is 1. The van der Waals surface area contributed by atoms with Crippen molar-refractivity contribution in [2.45, 2.75) is 5.92 Å². The van der Waals surface area contributed by atoms with Gasteiger partial charge in [0, 0.05) is 5.92 Å². The molecule has 1 aliphatic heterocycles. The summed E-state index contributed by atoms with van der Waals surface area (Å²) in [6.45, 7) is 2.25. The van der Waals surface area contributed by atoms with Gasteiger partial charge in [-0.1, -0.05) is 0 Å². The second-order valence-electron chi connectivity index (χ2n) is 3.29. The summed E-state index contributed by atoms with van der Waals surface area (Å²) in [4.78, 5) is 0. The topological polar surface area (TPSA) is 51.0 Å². The molecule has 58 valence electrons. The van der Waals surface area contributed by atoms with Gasteiger partial charge in [-0.25, -0.2) is 0 Å². The molecule has 0 spiro atoms. The van der Waals surface area contributed by atoms with Gasteiger partial charge in [0.1, 0.15) is 0 Å². The molecule has 1 aromatic heterocycles. The van der Waals surface area contributed by atoms with Crippen LogP contribution >= 0.6 is 0 Å². The fourth-order valence-electron chi connectivity index (χ4n) is 2.11. The first-order chi connectivity index (χ1) is 5.47. The Labute approximate surface area is 64.0 Å². The molecule has 2 atom stereocenters. The second-order valence-corrected chi connectivity index (χ2v) is 3.29. The van der Waals surface area contributed by atoms with Gasteiger partial charge in [-0.3, -0.25) is 0 Å². The fraction of sp³-hybridized carbons (Fsp3) is 0.714. The third kappa shape index (κ3) is 0.673. The van der Waals surface area contributed by atoms with Crippen molar-refractivity contribution in [1.29, 1.82) is 0 Å². The monoisotopic (exact) mass is 151 g/mol. The molecule has 1 N–H and O–H groups in total. The zero-order chi connectivity index (χ0) is 7.26. The maximum atomic E-state index is 5.14. The molecule has 1 aliphatic carbocycles. The van der Waals surface area contributed by atoms with Gasteiger partial charge < -0.3 is 9.73 Å². The van der Waals surface area contributed by atoms with Gasteiger partial charge in [0.25, 0.3) is 0 Å². The highest BCUT2D eigenvalue weighted by Crippen LogP contribution is 2.54. The molecule has 1 saturated carbocycles. The van der Waals surface area contributed by atoms with E-state index in [-0.39, 0.29) is 0 Å². The highest BCUT2D eigenvalue weighted by atomic mass is 16.4. The summed E-state index contributed by atoms with van der Waals surface area (Å²) < 4.78 is 5.14. The summed E-state index contributed by atoms with van der Waals surface area (Å²) in [6, 6.07) is 0. The summed E-state index contributed by atoms with van der Waals surface area (Å²) >= 11 is 0. The zero-order valence-corrected chi connectivity index (χ0v) is 6.03. The SMILES string of the molecule is c1nnc(C2C3CNCC32)o1. The summed E-state index contributed by atoms with van der Waals surface area (Å²) in [5.74, 6) is 2.95. The van der Waals surface area contributed by atoms with Crippen LogP contribution in [0.5, 0.6) is 0 Å². The molecule has 3 rings (SSSR count). The third-order valence-electron chi connectivity index (χ3n) is 2.75. The van der Waals surface area contributed by atoms with Crippen molar-refractivity contribution in [3.05, 3.63) is 12.3 Å². The van der Waals surface area contributed by atoms with Crippen molar-refractivity contribution in [3.63, 3.8) is 0 Å². The summed E-state index contributed by atoms with van der Waals surface area (Å²) in [6.07, 6.45) is 1.41. The molecule has 2 aliphatic rings. The van der Waals surface area contributed by atoms with Crippen molar-refractivity contribution >= 4 is 0 Å². The Morgan fingerprint density at radius 3 is 2.91 bits per heavy atom. The summed E-state index contributed by atoms with van der Waals surface area (Å²) in [5.41, 5.74) is 0. The van der Waals surface area contributed by atoms with E-state index in [1.807, 2.05) is 0 Å². The Morgan fingerprint density at radius 1 is 1.45 bits per heavy atom. The largest absolute Gasteiger partial charge is 0.428 e. The Hall–Kier alpha value is -0.900. The van der Waals surface area contributed by atoms with Gasteiger partial charge in [0.15, 0.2) is 0 Å². The molecule has 11 heavy (non-hydrogen) atoms. The minimum Gasteiger partial charge on any atom is -0.428 e. The van der Waals surface area contributed by atoms with E-state index in [9.17, 15) is 0 Å². The highest BCUT2D eigenvalue weighted by Gasteiger charge is 2.56. The van der Waals surface area contributed by atoms with E-state index in [0.29, 0.717) is 5.92 Å². The second kappa shape index (κ2) is 1.82. The normalized spacial score (nSPS) is 40.5. The van der Waals surface area contributed by atoms with Crippen LogP contribution in [0.3, 0.4) is 0 Å². The van der Waals surface area contributed by atoms with E-state index in [2.05, 4.69) is 15.5 Å². The van der Waals surface area contributed by atoms with E-state index < -0.39 is 0 Å². The fourth-order valence-corrected chi connectivity index (χ4v) is 2.11. The molecule has 1 saturated heterocycles. The molecule has 0 aromatic carbocycles. The minimum absolute atomic E-state index is 0.568. The Bertz CT molecular complexity index is 249. The Balaban J connectivity index is 1.85. The molecule has 0 amide bonds. The van der Waals surface area contributed by atoms with Crippen molar-refractivity contribution in [1.82, 2.24) is 15.5 Å². The predicted octanol–water partition coefficient (Wildman–Crippen LogP) is 0.00240. The van der Waals surface area contributed by atoms with E-state index in [1.165, 1.54) is 6.39 Å². The van der Waals surface area contributed by atoms with Gasteiger partial charge in [0.2, 0.25) is 12.3 Å². The number of piperidine rings is 1. The quantitative estimate of drug-likeness (QED) is 0.614. The van der Waals surface area contributed by atoms with Gasteiger partial charge in [-0.05, 0) is 24.9 Å². The van der Waals surface area contributed by atoms with Crippen LogP contribution < -0.4 is 5.32 Å². The predicted molar refractivity (Wildman–Crippen MR) is 36.9 cm³/mol. The standard InChI is InChI=1S/C7H9N3O/c1-4-5(2-8-1)6(4)7-10-9-3-11-7/h3-6,8H,1-2H2. The molecular formula is C7H9N3O. The number of nitrogens with zero attached hydrogens (tertiary/aromatic N) is 2. The molecule has 1 aromatic rings. The molecule has 2 heterocycles. The van der Waals surface area contributed by atoms with Crippen LogP contribution in [0, 0.1) is 11.8 Å². The lowest BCUT2D eigenvalue weighted by Crippen LogP contribution is -2.14. The van der Waals surface area contributed by atoms with Crippen LogP contribution in [-0.4, -0.2) is 23.3 Å².